The Morgan fingerprint density at radius 1 is 0.680 bits per heavy atom. The minimum Gasteiger partial charge on any atom is -0.478 e. The number of carboxylic acids is 1. The van der Waals surface area contributed by atoms with E-state index in [9.17, 15) is 14.7 Å². The lowest BCUT2D eigenvalue weighted by atomic mass is 9.86. The topological polar surface area (TPSA) is 63.6 Å². The molecule has 3 aromatic rings. The van der Waals surface area contributed by atoms with E-state index in [0.717, 1.165) is 0 Å². The predicted molar refractivity (Wildman–Crippen MR) is 93.2 cm³/mol. The van der Waals surface area contributed by atoms with Crippen LogP contribution in [0.3, 0.4) is 0 Å². The predicted octanol–water partition coefficient (Wildman–Crippen LogP) is 3.87. The summed E-state index contributed by atoms with van der Waals surface area (Å²) in [6.45, 7) is 0. The van der Waals surface area contributed by atoms with Gasteiger partial charge in [0.05, 0.1) is 5.56 Å². The number of carbonyl (C=O) groups is 2. The van der Waals surface area contributed by atoms with Gasteiger partial charge in [0.2, 0.25) is 0 Å². The quantitative estimate of drug-likeness (QED) is 0.720. The normalized spacial score (nSPS) is 10.9. The van der Waals surface area contributed by atoms with Crippen LogP contribution in [0.5, 0.6) is 0 Å². The number of ether oxygens (including phenoxy) is 1. The summed E-state index contributed by atoms with van der Waals surface area (Å²) in [4.78, 5) is 24.9. The third-order valence-corrected chi connectivity index (χ3v) is 3.92. The van der Waals surface area contributed by atoms with Crippen LogP contribution in [0.25, 0.3) is 0 Å². The third kappa shape index (κ3) is 3.15. The summed E-state index contributed by atoms with van der Waals surface area (Å²) >= 11 is 0. The number of hydrogen-bond acceptors (Lipinski definition) is 3. The van der Waals surface area contributed by atoms with Crippen LogP contribution in [-0.2, 0) is 15.1 Å². The third-order valence-electron chi connectivity index (χ3n) is 3.92. The van der Waals surface area contributed by atoms with Gasteiger partial charge < -0.3 is 9.84 Å². The maximum atomic E-state index is 12.6. The van der Waals surface area contributed by atoms with Crippen molar-refractivity contribution in [3.8, 4) is 0 Å². The molecule has 0 saturated carbocycles. The highest BCUT2D eigenvalue weighted by molar-refractivity contribution is 5.94. The van der Waals surface area contributed by atoms with Gasteiger partial charge in [0.25, 0.3) is 5.60 Å². The van der Waals surface area contributed by atoms with E-state index in [2.05, 4.69) is 0 Å². The van der Waals surface area contributed by atoms with Gasteiger partial charge in [-0.05, 0) is 12.1 Å². The van der Waals surface area contributed by atoms with Crippen LogP contribution in [-0.4, -0.2) is 17.0 Å². The van der Waals surface area contributed by atoms with Crippen LogP contribution < -0.4 is 0 Å². The lowest BCUT2D eigenvalue weighted by Crippen LogP contribution is -2.41. The van der Waals surface area contributed by atoms with Crippen molar-refractivity contribution in [3.05, 3.63) is 108 Å². The highest BCUT2D eigenvalue weighted by atomic mass is 16.6. The van der Waals surface area contributed by atoms with Crippen LogP contribution in [0.2, 0.25) is 0 Å². The van der Waals surface area contributed by atoms with E-state index in [1.165, 1.54) is 0 Å². The molecule has 0 aliphatic heterocycles. The highest BCUT2D eigenvalue weighted by Gasteiger charge is 2.46. The number of carboxylic acid groups (broad SMARTS) is 1. The average molecular weight is 332 g/mol. The molecule has 0 radical (unpaired) electrons. The zero-order valence-electron chi connectivity index (χ0n) is 13.3. The Morgan fingerprint density at radius 3 is 1.48 bits per heavy atom. The number of rotatable bonds is 5. The minimum absolute atomic E-state index is 0.292. The second-order valence-corrected chi connectivity index (χ2v) is 5.47. The van der Waals surface area contributed by atoms with E-state index >= 15 is 0 Å². The van der Waals surface area contributed by atoms with Gasteiger partial charge in [-0.2, -0.15) is 0 Å². The maximum absolute atomic E-state index is 12.6. The van der Waals surface area contributed by atoms with E-state index in [0.29, 0.717) is 16.7 Å². The molecule has 1 N–H and O–H groups in total. The second kappa shape index (κ2) is 7.01. The summed E-state index contributed by atoms with van der Waals surface area (Å²) in [6, 6.07) is 25.3. The first kappa shape index (κ1) is 16.5. The van der Waals surface area contributed by atoms with E-state index in [-0.39, 0.29) is 0 Å². The van der Waals surface area contributed by atoms with Crippen molar-refractivity contribution in [1.82, 2.24) is 0 Å². The smallest absolute Gasteiger partial charge is 0.357 e. The molecule has 0 aliphatic rings. The SMILES string of the molecule is O=C(OC(C(=O)O)(c1ccccc1)c1ccccc1)c1ccccc1. The van der Waals surface area contributed by atoms with Gasteiger partial charge in [-0.3, -0.25) is 0 Å². The van der Waals surface area contributed by atoms with E-state index in [1.54, 1.807) is 91.0 Å². The van der Waals surface area contributed by atoms with Crippen LogP contribution >= 0.6 is 0 Å². The first-order chi connectivity index (χ1) is 12.1. The molecule has 4 nitrogen and oxygen atoms in total. The first-order valence-corrected chi connectivity index (χ1v) is 7.77. The summed E-state index contributed by atoms with van der Waals surface area (Å²) in [6.07, 6.45) is 0. The highest BCUT2D eigenvalue weighted by Crippen LogP contribution is 2.35. The average Bonchev–Trinajstić information content (AvgIpc) is 2.67. The first-order valence-electron chi connectivity index (χ1n) is 7.77. The molecule has 124 valence electrons. The van der Waals surface area contributed by atoms with Gasteiger partial charge in [-0.15, -0.1) is 0 Å². The Morgan fingerprint density at radius 2 is 1.08 bits per heavy atom. The monoisotopic (exact) mass is 332 g/mol. The lowest BCUT2D eigenvalue weighted by Gasteiger charge is -2.30. The Bertz CT molecular complexity index is 819. The summed E-state index contributed by atoms with van der Waals surface area (Å²) in [7, 11) is 0. The van der Waals surface area contributed by atoms with Gasteiger partial charge >= 0.3 is 11.9 Å². The lowest BCUT2D eigenvalue weighted by molar-refractivity contribution is -0.155. The molecule has 3 aromatic carbocycles. The molecule has 0 atom stereocenters. The van der Waals surface area contributed by atoms with Gasteiger partial charge in [0.15, 0.2) is 0 Å². The maximum Gasteiger partial charge on any atom is 0.357 e. The fraction of sp³-hybridized carbons (Fsp3) is 0.0476. The standard InChI is InChI=1S/C21H16O4/c22-19(16-10-4-1-5-11-16)25-21(20(23)24,17-12-6-2-7-13-17)18-14-8-3-9-15-18/h1-15H,(H,23,24). The fourth-order valence-corrected chi connectivity index (χ4v) is 2.69. The van der Waals surface area contributed by atoms with Gasteiger partial charge in [-0.25, -0.2) is 9.59 Å². The van der Waals surface area contributed by atoms with E-state index in [4.69, 9.17) is 4.74 Å². The van der Waals surface area contributed by atoms with Crippen molar-refractivity contribution in [1.29, 1.82) is 0 Å². The number of aliphatic carboxylic acids is 1. The molecule has 0 heterocycles. The molecule has 0 amide bonds. The Kier molecular flexibility index (Phi) is 4.61. The largest absolute Gasteiger partial charge is 0.478 e. The van der Waals surface area contributed by atoms with Crippen molar-refractivity contribution < 1.29 is 19.4 Å². The molecule has 0 aromatic heterocycles. The Balaban J connectivity index is 2.15. The number of hydrogen-bond donors (Lipinski definition) is 1. The second-order valence-electron chi connectivity index (χ2n) is 5.47. The Hall–Kier alpha value is -3.40. The van der Waals surface area contributed by atoms with Gasteiger partial charge in [0, 0.05) is 11.1 Å². The molecule has 0 saturated heterocycles. The van der Waals surface area contributed by atoms with Gasteiger partial charge in [0.1, 0.15) is 0 Å². The van der Waals surface area contributed by atoms with Crippen molar-refractivity contribution in [3.63, 3.8) is 0 Å². The number of benzene rings is 3. The summed E-state index contributed by atoms with van der Waals surface area (Å²) in [5, 5.41) is 10.0. The molecule has 0 aliphatic carbocycles. The van der Waals surface area contributed by atoms with Crippen molar-refractivity contribution in [2.45, 2.75) is 5.60 Å². The molecule has 4 heteroatoms. The van der Waals surface area contributed by atoms with Crippen molar-refractivity contribution in [2.75, 3.05) is 0 Å². The number of carbonyl (C=O) groups excluding carboxylic acids is 1. The molecule has 0 spiro atoms. The van der Waals surface area contributed by atoms with Crippen molar-refractivity contribution >= 4 is 11.9 Å². The zero-order chi connectivity index (χ0) is 17.7. The minimum atomic E-state index is -1.92. The Labute approximate surface area is 145 Å². The van der Waals surface area contributed by atoms with Crippen LogP contribution in [0.1, 0.15) is 21.5 Å². The van der Waals surface area contributed by atoms with Crippen molar-refractivity contribution in [2.24, 2.45) is 0 Å². The number of esters is 1. The fourth-order valence-electron chi connectivity index (χ4n) is 2.69. The summed E-state index contributed by atoms with van der Waals surface area (Å²) in [5.41, 5.74) is -0.883. The summed E-state index contributed by atoms with van der Waals surface area (Å²) in [5.74, 6) is -1.95. The molecule has 3 rings (SSSR count). The molecular formula is C21H16O4. The van der Waals surface area contributed by atoms with Crippen LogP contribution in [0, 0.1) is 0 Å². The summed E-state index contributed by atoms with van der Waals surface area (Å²) < 4.78 is 5.62. The zero-order valence-corrected chi connectivity index (χ0v) is 13.3. The van der Waals surface area contributed by atoms with Crippen LogP contribution in [0.15, 0.2) is 91.0 Å². The van der Waals surface area contributed by atoms with E-state index in [1.807, 2.05) is 0 Å². The molecule has 0 unspecified atom stereocenters. The van der Waals surface area contributed by atoms with E-state index < -0.39 is 17.5 Å². The van der Waals surface area contributed by atoms with Crippen LogP contribution in [0.4, 0.5) is 0 Å². The van der Waals surface area contributed by atoms with Gasteiger partial charge in [-0.1, -0.05) is 78.9 Å². The molecule has 0 bridgehead atoms. The molecule has 25 heavy (non-hydrogen) atoms. The molecule has 0 fully saturated rings. The molecular weight excluding hydrogens is 316 g/mol.